The van der Waals surface area contributed by atoms with E-state index in [4.69, 9.17) is 4.74 Å². The van der Waals surface area contributed by atoms with Gasteiger partial charge in [0.25, 0.3) is 0 Å². The Balaban J connectivity index is 2.14. The lowest BCUT2D eigenvalue weighted by atomic mass is 9.74. The molecular weight excluding hydrogens is 350 g/mol. The van der Waals surface area contributed by atoms with E-state index < -0.39 is 5.60 Å². The Morgan fingerprint density at radius 2 is 1.93 bits per heavy atom. The van der Waals surface area contributed by atoms with Gasteiger partial charge in [0.2, 0.25) is 0 Å². The van der Waals surface area contributed by atoms with Crippen molar-refractivity contribution in [2.75, 3.05) is 27.7 Å². The second kappa shape index (κ2) is 8.80. The highest BCUT2D eigenvalue weighted by molar-refractivity contribution is 5.59. The van der Waals surface area contributed by atoms with Crippen LogP contribution in [0.4, 0.5) is 0 Å². The summed E-state index contributed by atoms with van der Waals surface area (Å²) in [5.41, 5.74) is 1.65. The monoisotopic (exact) mass is 381 g/mol. The highest BCUT2D eigenvalue weighted by Gasteiger charge is 2.43. The molecular formula is C24H31NO3. The van der Waals surface area contributed by atoms with Crippen molar-refractivity contribution in [1.82, 2.24) is 4.90 Å². The number of methoxy groups -OCH3 is 1. The summed E-state index contributed by atoms with van der Waals surface area (Å²) >= 11 is 0. The number of aromatic hydroxyl groups is 1. The number of phenolic OH excluding ortho intramolecular Hbond substituents is 1. The minimum absolute atomic E-state index is 0.0451. The van der Waals surface area contributed by atoms with E-state index in [-0.39, 0.29) is 11.7 Å². The first-order valence-electron chi connectivity index (χ1n) is 9.95. The molecule has 1 aliphatic rings. The fourth-order valence-corrected chi connectivity index (χ4v) is 4.31. The molecule has 1 fully saturated rings. The summed E-state index contributed by atoms with van der Waals surface area (Å²) in [6, 6.07) is 15.0. The van der Waals surface area contributed by atoms with Gasteiger partial charge in [-0.15, -0.1) is 0 Å². The summed E-state index contributed by atoms with van der Waals surface area (Å²) in [4.78, 5) is 2.13. The van der Waals surface area contributed by atoms with Gasteiger partial charge in [-0.3, -0.25) is 0 Å². The zero-order valence-electron chi connectivity index (χ0n) is 17.1. The number of hydrogen-bond donors (Lipinski definition) is 2. The predicted molar refractivity (Wildman–Crippen MR) is 113 cm³/mol. The van der Waals surface area contributed by atoms with Crippen LogP contribution in [0.5, 0.6) is 11.5 Å². The Hall–Kier alpha value is -2.30. The molecule has 0 amide bonds. The van der Waals surface area contributed by atoms with Crippen LogP contribution in [0.25, 0.3) is 6.08 Å². The average Bonchev–Trinajstić information content (AvgIpc) is 2.82. The number of phenols is 1. The van der Waals surface area contributed by atoms with Crippen molar-refractivity contribution in [1.29, 1.82) is 0 Å². The maximum atomic E-state index is 12.2. The molecule has 0 aromatic heterocycles. The Labute approximate surface area is 168 Å². The second-order valence-electron chi connectivity index (χ2n) is 7.97. The summed E-state index contributed by atoms with van der Waals surface area (Å²) in [6.07, 6.45) is 5.99. The SMILES string of the molecule is COc1cccc(/C=C2\CCCCC(CN(C)C)C2(O)c2cccc(O)c2)c1. The summed E-state index contributed by atoms with van der Waals surface area (Å²) in [5.74, 6) is 1.02. The first-order chi connectivity index (χ1) is 13.4. The van der Waals surface area contributed by atoms with Crippen LogP contribution in [0.1, 0.15) is 36.8 Å². The topological polar surface area (TPSA) is 52.9 Å². The lowest BCUT2D eigenvalue weighted by molar-refractivity contribution is 0.000332. The van der Waals surface area contributed by atoms with E-state index in [1.54, 1.807) is 19.2 Å². The van der Waals surface area contributed by atoms with E-state index in [9.17, 15) is 10.2 Å². The molecule has 0 aliphatic heterocycles. The number of aliphatic hydroxyl groups is 1. The minimum Gasteiger partial charge on any atom is -0.508 e. The van der Waals surface area contributed by atoms with Gasteiger partial charge < -0.3 is 19.8 Å². The van der Waals surface area contributed by atoms with Crippen LogP contribution in [-0.4, -0.2) is 42.9 Å². The molecule has 2 aromatic rings. The van der Waals surface area contributed by atoms with E-state index in [2.05, 4.69) is 11.0 Å². The summed E-state index contributed by atoms with van der Waals surface area (Å²) < 4.78 is 5.36. The maximum Gasteiger partial charge on any atom is 0.119 e. The smallest absolute Gasteiger partial charge is 0.119 e. The van der Waals surface area contributed by atoms with Crippen LogP contribution in [0.2, 0.25) is 0 Å². The molecule has 0 radical (unpaired) electrons. The van der Waals surface area contributed by atoms with Gasteiger partial charge in [-0.1, -0.05) is 36.8 Å². The largest absolute Gasteiger partial charge is 0.508 e. The van der Waals surface area contributed by atoms with Crippen molar-refractivity contribution < 1.29 is 14.9 Å². The molecule has 0 heterocycles. The van der Waals surface area contributed by atoms with Crippen LogP contribution in [0.3, 0.4) is 0 Å². The van der Waals surface area contributed by atoms with E-state index in [1.807, 2.05) is 50.5 Å². The molecule has 2 aromatic carbocycles. The molecule has 2 N–H and O–H groups in total. The first kappa shape index (κ1) is 20.4. The lowest BCUT2D eigenvalue weighted by Crippen LogP contribution is -2.41. The molecule has 2 atom stereocenters. The van der Waals surface area contributed by atoms with Crippen molar-refractivity contribution in [3.8, 4) is 11.5 Å². The molecule has 0 saturated heterocycles. The van der Waals surface area contributed by atoms with Crippen molar-refractivity contribution in [3.05, 3.63) is 65.2 Å². The molecule has 1 saturated carbocycles. The molecule has 0 spiro atoms. The maximum absolute atomic E-state index is 12.2. The molecule has 4 nitrogen and oxygen atoms in total. The second-order valence-corrected chi connectivity index (χ2v) is 7.97. The van der Waals surface area contributed by atoms with E-state index in [0.717, 1.165) is 54.7 Å². The Bertz CT molecular complexity index is 830. The molecule has 4 heteroatoms. The zero-order chi connectivity index (χ0) is 20.1. The van der Waals surface area contributed by atoms with Crippen LogP contribution in [-0.2, 0) is 5.60 Å². The Morgan fingerprint density at radius 3 is 2.64 bits per heavy atom. The summed E-state index contributed by atoms with van der Waals surface area (Å²) in [6.45, 7) is 0.779. The van der Waals surface area contributed by atoms with Crippen LogP contribution >= 0.6 is 0 Å². The molecule has 2 unspecified atom stereocenters. The number of benzene rings is 2. The molecule has 1 aliphatic carbocycles. The molecule has 28 heavy (non-hydrogen) atoms. The van der Waals surface area contributed by atoms with Crippen molar-refractivity contribution >= 4 is 6.08 Å². The predicted octanol–water partition coefficient (Wildman–Crippen LogP) is 4.42. The van der Waals surface area contributed by atoms with E-state index in [0.29, 0.717) is 0 Å². The van der Waals surface area contributed by atoms with Crippen molar-refractivity contribution in [2.24, 2.45) is 5.92 Å². The van der Waals surface area contributed by atoms with Gasteiger partial charge in [0.1, 0.15) is 17.1 Å². The van der Waals surface area contributed by atoms with Crippen LogP contribution in [0.15, 0.2) is 54.1 Å². The van der Waals surface area contributed by atoms with Gasteiger partial charge in [0.05, 0.1) is 7.11 Å². The number of rotatable bonds is 5. The van der Waals surface area contributed by atoms with Gasteiger partial charge in [0.15, 0.2) is 0 Å². The van der Waals surface area contributed by atoms with Gasteiger partial charge in [-0.25, -0.2) is 0 Å². The molecule has 0 bridgehead atoms. The van der Waals surface area contributed by atoms with Crippen LogP contribution < -0.4 is 4.74 Å². The zero-order valence-corrected chi connectivity index (χ0v) is 17.1. The third-order valence-corrected chi connectivity index (χ3v) is 5.64. The Kier molecular flexibility index (Phi) is 6.42. The lowest BCUT2D eigenvalue weighted by Gasteiger charge is -2.39. The van der Waals surface area contributed by atoms with Crippen molar-refractivity contribution in [2.45, 2.75) is 31.3 Å². The normalized spacial score (nSPS) is 24.3. The van der Waals surface area contributed by atoms with Gasteiger partial charge in [-0.2, -0.15) is 0 Å². The minimum atomic E-state index is -1.12. The standard InChI is InChI=1S/C24H31NO3/c1-25(2)17-21-10-5-4-9-19(14-18-8-6-13-23(15-18)28-3)24(21,27)20-11-7-12-22(26)16-20/h6-8,11-16,21,26-27H,4-5,9-10,17H2,1-3H3/b19-14+. The fourth-order valence-electron chi connectivity index (χ4n) is 4.31. The van der Waals surface area contributed by atoms with E-state index >= 15 is 0 Å². The quantitative estimate of drug-likeness (QED) is 0.753. The third kappa shape index (κ3) is 4.40. The van der Waals surface area contributed by atoms with Gasteiger partial charge in [0, 0.05) is 12.5 Å². The summed E-state index contributed by atoms with van der Waals surface area (Å²) in [7, 11) is 5.74. The average molecular weight is 382 g/mol. The third-order valence-electron chi connectivity index (χ3n) is 5.64. The molecule has 3 rings (SSSR count). The van der Waals surface area contributed by atoms with E-state index in [1.165, 1.54) is 0 Å². The first-order valence-corrected chi connectivity index (χ1v) is 9.95. The van der Waals surface area contributed by atoms with Gasteiger partial charge in [-0.05, 0) is 74.3 Å². The van der Waals surface area contributed by atoms with Gasteiger partial charge >= 0.3 is 0 Å². The fraction of sp³-hybridized carbons (Fsp3) is 0.417. The molecule has 150 valence electrons. The summed E-state index contributed by atoms with van der Waals surface area (Å²) in [5, 5.41) is 22.2. The Morgan fingerprint density at radius 1 is 1.14 bits per heavy atom. The number of ether oxygens (including phenoxy) is 1. The number of hydrogen-bond acceptors (Lipinski definition) is 4. The van der Waals surface area contributed by atoms with Crippen LogP contribution in [0, 0.1) is 5.92 Å². The highest BCUT2D eigenvalue weighted by atomic mass is 16.5. The van der Waals surface area contributed by atoms with Crippen molar-refractivity contribution in [3.63, 3.8) is 0 Å². The number of nitrogens with zero attached hydrogens (tertiary/aromatic N) is 1. The highest BCUT2D eigenvalue weighted by Crippen LogP contribution is 2.45.